The van der Waals surface area contributed by atoms with Crippen molar-refractivity contribution in [2.75, 3.05) is 0 Å². The number of carboxylic acids is 1. The van der Waals surface area contributed by atoms with Gasteiger partial charge in [-0.3, -0.25) is 4.79 Å². The van der Waals surface area contributed by atoms with Crippen LogP contribution in [0.4, 0.5) is 0 Å². The topological polar surface area (TPSA) is 96.4 Å². The minimum atomic E-state index is -1.40. The van der Waals surface area contributed by atoms with E-state index in [0.717, 1.165) is 0 Å². The molecule has 1 rings (SSSR count). The van der Waals surface area contributed by atoms with E-state index >= 15 is 0 Å². The Hall–Kier alpha value is -1.17. The number of aliphatic hydroxyl groups excluding tert-OH is 1. The molecule has 0 radical (unpaired) electrons. The minimum absolute atomic E-state index is 0.146. The fourth-order valence-corrected chi connectivity index (χ4v) is 1.08. The first kappa shape index (κ1) is 10.9. The van der Waals surface area contributed by atoms with Crippen LogP contribution >= 0.6 is 11.6 Å². The molecule has 2 atom stereocenters. The second kappa shape index (κ2) is 4.36. The second-order valence-electron chi connectivity index (χ2n) is 2.69. The van der Waals surface area contributed by atoms with Crippen molar-refractivity contribution in [2.24, 2.45) is 5.73 Å². The van der Waals surface area contributed by atoms with Crippen LogP contribution < -0.4 is 5.73 Å². The Morgan fingerprint density at radius 1 is 1.57 bits per heavy atom. The van der Waals surface area contributed by atoms with Crippen molar-refractivity contribution in [1.82, 2.24) is 4.98 Å². The Morgan fingerprint density at radius 3 is 2.71 bits per heavy atom. The fourth-order valence-electron chi connectivity index (χ4n) is 0.908. The monoisotopic (exact) mass is 216 g/mol. The molecule has 2 unspecified atom stereocenters. The van der Waals surface area contributed by atoms with Crippen LogP contribution in [-0.4, -0.2) is 27.2 Å². The van der Waals surface area contributed by atoms with Crippen LogP contribution in [0.5, 0.6) is 0 Å². The lowest BCUT2D eigenvalue weighted by molar-refractivity contribution is -0.141. The summed E-state index contributed by atoms with van der Waals surface area (Å²) < 4.78 is 0. The Kier molecular flexibility index (Phi) is 3.40. The largest absolute Gasteiger partial charge is 0.480 e. The van der Waals surface area contributed by atoms with Gasteiger partial charge in [0.25, 0.3) is 0 Å². The van der Waals surface area contributed by atoms with Gasteiger partial charge >= 0.3 is 5.97 Å². The van der Waals surface area contributed by atoms with Gasteiger partial charge in [0, 0.05) is 0 Å². The lowest BCUT2D eigenvalue weighted by atomic mass is 10.1. The number of nitrogens with two attached hydrogens (primary N) is 1. The fraction of sp³-hybridized carbons (Fsp3) is 0.250. The molecule has 0 aromatic carbocycles. The van der Waals surface area contributed by atoms with E-state index in [4.69, 9.17) is 22.4 Å². The quantitative estimate of drug-likeness (QED) is 0.627. The number of rotatable bonds is 3. The first-order chi connectivity index (χ1) is 6.52. The van der Waals surface area contributed by atoms with Crippen LogP contribution in [0.15, 0.2) is 18.2 Å². The number of carbonyl (C=O) groups is 1. The third-order valence-electron chi connectivity index (χ3n) is 1.66. The summed E-state index contributed by atoms with van der Waals surface area (Å²) in [5.41, 5.74) is 5.36. The van der Waals surface area contributed by atoms with Crippen molar-refractivity contribution in [3.05, 3.63) is 29.0 Å². The van der Waals surface area contributed by atoms with E-state index in [1.807, 2.05) is 0 Å². The molecule has 0 aliphatic heterocycles. The third-order valence-corrected chi connectivity index (χ3v) is 1.88. The Balaban J connectivity index is 2.89. The Bertz CT molecular complexity index is 345. The van der Waals surface area contributed by atoms with E-state index in [1.165, 1.54) is 12.1 Å². The maximum absolute atomic E-state index is 10.5. The van der Waals surface area contributed by atoms with E-state index in [2.05, 4.69) is 4.98 Å². The van der Waals surface area contributed by atoms with Gasteiger partial charge < -0.3 is 15.9 Å². The number of hydrogen-bond acceptors (Lipinski definition) is 4. The molecule has 1 heterocycles. The number of aliphatic hydroxyl groups is 1. The summed E-state index contributed by atoms with van der Waals surface area (Å²) in [5.74, 6) is -1.29. The summed E-state index contributed by atoms with van der Waals surface area (Å²) in [7, 11) is 0. The van der Waals surface area contributed by atoms with Crippen LogP contribution in [0.1, 0.15) is 11.8 Å². The van der Waals surface area contributed by atoms with Crippen LogP contribution in [0.3, 0.4) is 0 Å². The highest BCUT2D eigenvalue weighted by molar-refractivity contribution is 6.29. The van der Waals surface area contributed by atoms with Gasteiger partial charge in [-0.05, 0) is 12.1 Å². The molecule has 0 saturated carbocycles. The van der Waals surface area contributed by atoms with Gasteiger partial charge in [-0.1, -0.05) is 17.7 Å². The van der Waals surface area contributed by atoms with Crippen molar-refractivity contribution in [2.45, 2.75) is 12.1 Å². The first-order valence-electron chi connectivity index (χ1n) is 3.81. The third kappa shape index (κ3) is 2.41. The van der Waals surface area contributed by atoms with Crippen LogP contribution in [-0.2, 0) is 4.79 Å². The minimum Gasteiger partial charge on any atom is -0.480 e. The zero-order valence-electron chi connectivity index (χ0n) is 7.09. The van der Waals surface area contributed by atoms with Gasteiger partial charge in [0.15, 0.2) is 0 Å². The van der Waals surface area contributed by atoms with E-state index in [1.54, 1.807) is 6.07 Å². The molecular formula is C8H9ClN2O3. The zero-order chi connectivity index (χ0) is 10.7. The standard InChI is InChI=1S/C8H9ClN2O3/c9-5-3-1-2-4(11-5)7(12)6(10)8(13)14/h1-3,6-7,12H,10H2,(H,13,14). The normalized spacial score (nSPS) is 14.8. The molecular weight excluding hydrogens is 208 g/mol. The Labute approximate surface area is 85.1 Å². The highest BCUT2D eigenvalue weighted by Crippen LogP contribution is 2.15. The van der Waals surface area contributed by atoms with E-state index < -0.39 is 18.1 Å². The van der Waals surface area contributed by atoms with Crippen molar-refractivity contribution < 1.29 is 15.0 Å². The van der Waals surface area contributed by atoms with Crippen molar-refractivity contribution >= 4 is 17.6 Å². The highest BCUT2D eigenvalue weighted by atomic mass is 35.5. The number of carboxylic acid groups (broad SMARTS) is 1. The molecule has 1 aromatic heterocycles. The number of pyridine rings is 1. The number of nitrogens with zero attached hydrogens (tertiary/aromatic N) is 1. The lowest BCUT2D eigenvalue weighted by Gasteiger charge is -2.13. The van der Waals surface area contributed by atoms with Gasteiger partial charge in [0.2, 0.25) is 0 Å². The number of hydrogen-bond donors (Lipinski definition) is 3. The number of halogens is 1. The number of aliphatic carboxylic acids is 1. The molecule has 14 heavy (non-hydrogen) atoms. The molecule has 0 spiro atoms. The molecule has 0 bridgehead atoms. The molecule has 5 nitrogen and oxygen atoms in total. The summed E-state index contributed by atoms with van der Waals surface area (Å²) in [6, 6.07) is 3.13. The predicted octanol–water partition coefficient (Wildman–Crippen LogP) is 0.180. The van der Waals surface area contributed by atoms with Gasteiger partial charge in [0.05, 0.1) is 5.69 Å². The molecule has 0 amide bonds. The molecule has 6 heteroatoms. The molecule has 0 fully saturated rings. The summed E-state index contributed by atoms with van der Waals surface area (Å²) in [5, 5.41) is 18.2. The van der Waals surface area contributed by atoms with E-state index in [9.17, 15) is 9.90 Å². The maximum atomic E-state index is 10.5. The van der Waals surface area contributed by atoms with Gasteiger partial charge in [-0.25, -0.2) is 4.98 Å². The van der Waals surface area contributed by atoms with Gasteiger partial charge in [-0.15, -0.1) is 0 Å². The van der Waals surface area contributed by atoms with Gasteiger partial charge in [0.1, 0.15) is 17.3 Å². The molecule has 0 aliphatic rings. The highest BCUT2D eigenvalue weighted by Gasteiger charge is 2.24. The average Bonchev–Trinajstić information content (AvgIpc) is 2.15. The SMILES string of the molecule is NC(C(=O)O)C(O)c1cccc(Cl)n1. The lowest BCUT2D eigenvalue weighted by Crippen LogP contribution is -2.36. The van der Waals surface area contributed by atoms with E-state index in [-0.39, 0.29) is 10.8 Å². The van der Waals surface area contributed by atoms with Crippen LogP contribution in [0, 0.1) is 0 Å². The molecule has 76 valence electrons. The van der Waals surface area contributed by atoms with Crippen molar-refractivity contribution in [3.8, 4) is 0 Å². The Morgan fingerprint density at radius 2 is 2.21 bits per heavy atom. The molecule has 1 aromatic rings. The molecule has 0 saturated heterocycles. The first-order valence-corrected chi connectivity index (χ1v) is 4.19. The molecule has 0 aliphatic carbocycles. The summed E-state index contributed by atoms with van der Waals surface area (Å²) >= 11 is 5.56. The van der Waals surface area contributed by atoms with Crippen LogP contribution in [0.25, 0.3) is 0 Å². The summed E-state index contributed by atoms with van der Waals surface area (Å²) in [6.45, 7) is 0. The predicted molar refractivity (Wildman–Crippen MR) is 49.8 cm³/mol. The van der Waals surface area contributed by atoms with Gasteiger partial charge in [-0.2, -0.15) is 0 Å². The number of aromatic nitrogens is 1. The van der Waals surface area contributed by atoms with Crippen molar-refractivity contribution in [1.29, 1.82) is 0 Å². The van der Waals surface area contributed by atoms with E-state index in [0.29, 0.717) is 0 Å². The maximum Gasteiger partial charge on any atom is 0.323 e. The second-order valence-corrected chi connectivity index (χ2v) is 3.08. The van der Waals surface area contributed by atoms with Crippen LogP contribution in [0.2, 0.25) is 5.15 Å². The average molecular weight is 217 g/mol. The zero-order valence-corrected chi connectivity index (χ0v) is 7.85. The molecule has 4 N–H and O–H groups in total. The smallest absolute Gasteiger partial charge is 0.323 e. The van der Waals surface area contributed by atoms with Crippen molar-refractivity contribution in [3.63, 3.8) is 0 Å². The summed E-state index contributed by atoms with van der Waals surface area (Å²) in [6.07, 6.45) is -1.36. The summed E-state index contributed by atoms with van der Waals surface area (Å²) in [4.78, 5) is 14.2.